The van der Waals surface area contributed by atoms with Gasteiger partial charge in [0.1, 0.15) is 27.8 Å². The second kappa shape index (κ2) is 10.9. The van der Waals surface area contributed by atoms with Gasteiger partial charge in [-0.2, -0.15) is 0 Å². The summed E-state index contributed by atoms with van der Waals surface area (Å²) in [5.41, 5.74) is 3.59. The SMILES string of the molecule is BB(C)B(C)C/C(=C(\CB(C)B(B)C)C(C)BC)C(C)BC. The Bertz CT molecular complexity index is 310. The molecular formula is C14H36B8. The Hall–Kier alpha value is 0.259. The Morgan fingerprint density at radius 2 is 1.05 bits per heavy atom. The van der Waals surface area contributed by atoms with Crippen molar-refractivity contribution in [2.75, 3.05) is 0 Å². The van der Waals surface area contributed by atoms with E-state index in [1.54, 1.807) is 11.1 Å². The van der Waals surface area contributed by atoms with Crippen molar-refractivity contribution in [3.63, 3.8) is 0 Å². The summed E-state index contributed by atoms with van der Waals surface area (Å²) in [6, 6.07) is 0. The lowest BCUT2D eigenvalue weighted by atomic mass is 9.00. The van der Waals surface area contributed by atoms with Gasteiger partial charge in [-0.25, -0.2) is 0 Å². The average molecular weight is 291 g/mol. The molecule has 0 spiro atoms. The van der Waals surface area contributed by atoms with Crippen LogP contribution in [0.2, 0.25) is 65.2 Å². The zero-order chi connectivity index (χ0) is 17.4. The third kappa shape index (κ3) is 7.22. The van der Waals surface area contributed by atoms with E-state index in [9.17, 15) is 0 Å². The highest BCUT2D eigenvalue weighted by Crippen LogP contribution is 2.35. The van der Waals surface area contributed by atoms with E-state index in [1.807, 2.05) is 0 Å². The normalized spacial score (nSPS) is 14.5. The molecule has 0 aromatic heterocycles. The molecule has 0 saturated heterocycles. The Labute approximate surface area is 146 Å². The summed E-state index contributed by atoms with van der Waals surface area (Å²) < 4.78 is 0. The van der Waals surface area contributed by atoms with Gasteiger partial charge in [-0.15, -0.1) is 0 Å². The molecule has 0 aromatic rings. The van der Waals surface area contributed by atoms with E-state index >= 15 is 0 Å². The van der Waals surface area contributed by atoms with E-state index in [0.29, 0.717) is 0 Å². The van der Waals surface area contributed by atoms with Gasteiger partial charge >= 0.3 is 0 Å². The molecule has 0 heterocycles. The van der Waals surface area contributed by atoms with Gasteiger partial charge in [0.2, 0.25) is 0 Å². The molecule has 0 radical (unpaired) electrons. The van der Waals surface area contributed by atoms with Crippen LogP contribution in [0.1, 0.15) is 13.8 Å². The van der Waals surface area contributed by atoms with E-state index in [4.69, 9.17) is 0 Å². The molecule has 0 N–H and O–H groups in total. The fourth-order valence-electron chi connectivity index (χ4n) is 2.96. The first-order chi connectivity index (χ1) is 10.1. The van der Waals surface area contributed by atoms with E-state index < -0.39 is 0 Å². The summed E-state index contributed by atoms with van der Waals surface area (Å²) >= 11 is 0. The first-order valence-electron chi connectivity index (χ1n) is 9.87. The number of allylic oxidation sites excluding steroid dienone is 2. The smallest absolute Gasteiger partial charge is 0.0992 e. The molecule has 0 aliphatic carbocycles. The maximum absolute atomic E-state index is 2.45. The molecule has 0 rings (SSSR count). The molecule has 22 heavy (non-hydrogen) atoms. The fourth-order valence-corrected chi connectivity index (χ4v) is 2.96. The van der Waals surface area contributed by atoms with Gasteiger partial charge in [-0.3, -0.25) is 0 Å². The van der Waals surface area contributed by atoms with Crippen molar-refractivity contribution in [2.45, 2.75) is 79.1 Å². The van der Waals surface area contributed by atoms with Gasteiger partial charge < -0.3 is 0 Å². The summed E-state index contributed by atoms with van der Waals surface area (Å²) in [7, 11) is 7.30. The molecule has 0 bridgehead atoms. The topological polar surface area (TPSA) is 0 Å². The van der Waals surface area contributed by atoms with Crippen molar-refractivity contribution in [3.05, 3.63) is 11.1 Å². The second-order valence-corrected chi connectivity index (χ2v) is 8.52. The van der Waals surface area contributed by atoms with Gasteiger partial charge in [0.15, 0.2) is 0 Å². The summed E-state index contributed by atoms with van der Waals surface area (Å²) in [6.45, 7) is 22.4. The first kappa shape index (κ1) is 22.3. The van der Waals surface area contributed by atoms with Crippen LogP contribution in [0.25, 0.3) is 0 Å². The molecule has 0 aromatic carbocycles. The number of hydrogen-bond donors (Lipinski definition) is 0. The lowest BCUT2D eigenvalue weighted by Gasteiger charge is -2.28. The van der Waals surface area contributed by atoms with Crippen molar-refractivity contribution >= 4 is 56.2 Å². The monoisotopic (exact) mass is 292 g/mol. The number of hydrogen-bond acceptors (Lipinski definition) is 0. The molecule has 0 aliphatic heterocycles. The third-order valence-electron chi connectivity index (χ3n) is 6.19. The molecule has 2 unspecified atom stereocenters. The molecule has 0 nitrogen and oxygen atoms in total. The van der Waals surface area contributed by atoms with Crippen LogP contribution in [0.15, 0.2) is 11.1 Å². The highest BCUT2D eigenvalue weighted by Gasteiger charge is 2.25. The van der Waals surface area contributed by atoms with E-state index in [2.05, 4.69) is 70.3 Å². The van der Waals surface area contributed by atoms with Crippen molar-refractivity contribution < 1.29 is 0 Å². The molecule has 2 atom stereocenters. The zero-order valence-corrected chi connectivity index (χ0v) is 17.3. The van der Waals surface area contributed by atoms with Gasteiger partial charge in [0.05, 0.1) is 28.5 Å². The molecular weight excluding hydrogens is 255 g/mol. The predicted molar refractivity (Wildman–Crippen MR) is 125 cm³/mol. The van der Waals surface area contributed by atoms with Gasteiger partial charge in [-0.05, 0) is 11.6 Å². The summed E-state index contributed by atoms with van der Waals surface area (Å²) in [5.74, 6) is 1.48. The lowest BCUT2D eigenvalue weighted by molar-refractivity contribution is 0.959. The van der Waals surface area contributed by atoms with Crippen LogP contribution in [0.4, 0.5) is 0 Å². The Morgan fingerprint density at radius 1 is 0.773 bits per heavy atom. The second-order valence-electron chi connectivity index (χ2n) is 8.52. The van der Waals surface area contributed by atoms with Crippen LogP contribution in [-0.2, 0) is 0 Å². The molecule has 116 valence electrons. The molecule has 0 fully saturated rings. The average Bonchev–Trinajstić information content (AvgIpc) is 2.48. The molecule has 0 saturated carbocycles. The Balaban J connectivity index is 5.64. The predicted octanol–water partition coefficient (Wildman–Crippen LogP) is 1.78. The van der Waals surface area contributed by atoms with E-state index in [1.165, 1.54) is 27.2 Å². The van der Waals surface area contributed by atoms with Crippen LogP contribution >= 0.6 is 0 Å². The summed E-state index contributed by atoms with van der Waals surface area (Å²) in [5, 5.41) is 0. The van der Waals surface area contributed by atoms with Crippen LogP contribution in [0.5, 0.6) is 0 Å². The van der Waals surface area contributed by atoms with Crippen LogP contribution < -0.4 is 0 Å². The van der Waals surface area contributed by atoms with E-state index in [-0.39, 0.29) is 0 Å². The fraction of sp³-hybridized carbons (Fsp3) is 0.857. The largest absolute Gasteiger partial charge is 0.125 e. The maximum Gasteiger partial charge on any atom is 0.125 e. The van der Waals surface area contributed by atoms with Crippen molar-refractivity contribution in [2.24, 2.45) is 0 Å². The Kier molecular flexibility index (Phi) is 11.1. The first-order valence-corrected chi connectivity index (χ1v) is 9.87. The van der Waals surface area contributed by atoms with Gasteiger partial charge in [0.25, 0.3) is 0 Å². The van der Waals surface area contributed by atoms with Crippen molar-refractivity contribution in [1.29, 1.82) is 0 Å². The van der Waals surface area contributed by atoms with Gasteiger partial charge in [0, 0.05) is 0 Å². The van der Waals surface area contributed by atoms with Gasteiger partial charge in [-0.1, -0.05) is 78.6 Å². The highest BCUT2D eigenvalue weighted by molar-refractivity contribution is 7.41. The molecule has 0 amide bonds. The van der Waals surface area contributed by atoms with E-state index in [0.717, 1.165) is 37.8 Å². The number of rotatable bonds is 10. The zero-order valence-electron chi connectivity index (χ0n) is 17.3. The van der Waals surface area contributed by atoms with Crippen LogP contribution in [0.3, 0.4) is 0 Å². The van der Waals surface area contributed by atoms with Crippen LogP contribution in [0, 0.1) is 0 Å². The minimum atomic E-state index is 0.740. The molecule has 8 heteroatoms. The molecule has 0 aliphatic rings. The van der Waals surface area contributed by atoms with Crippen molar-refractivity contribution in [3.8, 4) is 0 Å². The maximum atomic E-state index is 2.45. The lowest BCUT2D eigenvalue weighted by Crippen LogP contribution is -2.33. The summed E-state index contributed by atoms with van der Waals surface area (Å²) in [6.07, 6.45) is 2.61. The third-order valence-corrected chi connectivity index (χ3v) is 6.19. The van der Waals surface area contributed by atoms with Crippen molar-refractivity contribution in [1.82, 2.24) is 0 Å². The Morgan fingerprint density at radius 3 is 1.23 bits per heavy atom. The summed E-state index contributed by atoms with van der Waals surface area (Å²) in [4.78, 5) is 0. The van der Waals surface area contributed by atoms with Crippen LogP contribution in [-0.4, -0.2) is 56.2 Å². The minimum absolute atomic E-state index is 0.740. The quantitative estimate of drug-likeness (QED) is 0.425. The minimum Gasteiger partial charge on any atom is -0.0992 e. The highest BCUT2D eigenvalue weighted by atomic mass is 14.1. The standard InChI is InChI=1S/C14H36B8/c1-11(17-3)13(9-19(5)21(7)15)14(12(2)18-4)10-20(6)22(8)16/h11-12,17-18H,9-10,15-16H2,1-8H3/b14-13-.